The second-order valence-corrected chi connectivity index (χ2v) is 4.81. The van der Waals surface area contributed by atoms with Crippen molar-refractivity contribution in [1.82, 2.24) is 4.90 Å². The molecule has 0 aliphatic heterocycles. The monoisotopic (exact) mass is 244 g/mol. The number of hydrogen-bond acceptors (Lipinski definition) is 3. The first-order valence-corrected chi connectivity index (χ1v) is 6.54. The average molecular weight is 244 g/mol. The van der Waals surface area contributed by atoms with Crippen molar-refractivity contribution in [1.29, 1.82) is 0 Å². The van der Waals surface area contributed by atoms with Crippen LogP contribution < -0.4 is 5.73 Å². The second-order valence-electron chi connectivity index (χ2n) is 4.81. The van der Waals surface area contributed by atoms with Crippen LogP contribution in [0.1, 0.15) is 40.5 Å². The maximum Gasteiger partial charge on any atom is 0.253 e. The Morgan fingerprint density at radius 1 is 1.29 bits per heavy atom. The van der Waals surface area contributed by atoms with Gasteiger partial charge in [-0.25, -0.2) is 0 Å². The van der Waals surface area contributed by atoms with Gasteiger partial charge in [0.2, 0.25) is 0 Å². The molecule has 0 spiro atoms. The molecule has 0 aromatic rings. The van der Waals surface area contributed by atoms with Crippen LogP contribution >= 0.6 is 0 Å². The van der Waals surface area contributed by atoms with Gasteiger partial charge in [-0.15, -0.1) is 0 Å². The van der Waals surface area contributed by atoms with E-state index in [9.17, 15) is 4.79 Å². The van der Waals surface area contributed by atoms with Gasteiger partial charge in [0.25, 0.3) is 5.91 Å². The van der Waals surface area contributed by atoms with Crippen LogP contribution in [0.2, 0.25) is 0 Å². The van der Waals surface area contributed by atoms with E-state index in [1.54, 1.807) is 0 Å². The summed E-state index contributed by atoms with van der Waals surface area (Å²) in [4.78, 5) is 14.3. The lowest BCUT2D eigenvalue weighted by atomic mass is 10.1. The van der Waals surface area contributed by atoms with Crippen LogP contribution in [0.4, 0.5) is 0 Å². The normalized spacial score (nSPS) is 13.2. The lowest BCUT2D eigenvalue weighted by Gasteiger charge is -2.34. The van der Waals surface area contributed by atoms with Crippen molar-refractivity contribution < 1.29 is 9.53 Å². The van der Waals surface area contributed by atoms with Crippen LogP contribution in [-0.4, -0.2) is 43.2 Å². The van der Waals surface area contributed by atoms with E-state index in [0.717, 1.165) is 19.4 Å². The van der Waals surface area contributed by atoms with Gasteiger partial charge in [-0.3, -0.25) is 4.79 Å². The molecule has 0 heterocycles. The molecule has 4 nitrogen and oxygen atoms in total. The van der Waals surface area contributed by atoms with E-state index in [1.807, 2.05) is 4.90 Å². The van der Waals surface area contributed by atoms with Crippen LogP contribution in [0, 0.1) is 5.92 Å². The number of carbonyl (C=O) groups is 1. The van der Waals surface area contributed by atoms with Crippen LogP contribution in [0.15, 0.2) is 0 Å². The minimum atomic E-state index is -0.505. The van der Waals surface area contributed by atoms with Gasteiger partial charge in [0.1, 0.15) is 6.10 Å². The largest absolute Gasteiger partial charge is 0.370 e. The van der Waals surface area contributed by atoms with Crippen molar-refractivity contribution in [2.24, 2.45) is 11.7 Å². The topological polar surface area (TPSA) is 55.6 Å². The highest BCUT2D eigenvalue weighted by Crippen LogP contribution is 2.13. The maximum absolute atomic E-state index is 12.3. The highest BCUT2D eigenvalue weighted by molar-refractivity contribution is 5.81. The molecule has 17 heavy (non-hydrogen) atoms. The van der Waals surface area contributed by atoms with Crippen molar-refractivity contribution in [2.45, 2.75) is 52.7 Å². The molecule has 0 saturated carbocycles. The zero-order valence-corrected chi connectivity index (χ0v) is 11.9. The molecule has 0 bridgehead atoms. The van der Waals surface area contributed by atoms with Crippen LogP contribution in [-0.2, 0) is 9.53 Å². The molecule has 0 aliphatic rings. The lowest BCUT2D eigenvalue weighted by Crippen LogP contribution is -2.49. The Morgan fingerprint density at radius 2 is 1.82 bits per heavy atom. The van der Waals surface area contributed by atoms with Crippen molar-refractivity contribution in [3.63, 3.8) is 0 Å². The molecular formula is C13H28N2O2. The van der Waals surface area contributed by atoms with Crippen molar-refractivity contribution in [3.8, 4) is 0 Å². The van der Waals surface area contributed by atoms with Crippen molar-refractivity contribution >= 4 is 5.91 Å². The predicted octanol–water partition coefficient (Wildman–Crippen LogP) is 1.63. The van der Waals surface area contributed by atoms with Gasteiger partial charge in [-0.05, 0) is 18.8 Å². The van der Waals surface area contributed by atoms with Crippen LogP contribution in [0.5, 0.6) is 0 Å². The van der Waals surface area contributed by atoms with Gasteiger partial charge < -0.3 is 15.4 Å². The minimum absolute atomic E-state index is 0.0254. The zero-order valence-electron chi connectivity index (χ0n) is 11.9. The molecule has 0 aromatic carbocycles. The third-order valence-corrected chi connectivity index (χ3v) is 3.00. The fourth-order valence-electron chi connectivity index (χ4n) is 2.02. The lowest BCUT2D eigenvalue weighted by molar-refractivity contribution is -0.144. The highest BCUT2D eigenvalue weighted by atomic mass is 16.5. The summed E-state index contributed by atoms with van der Waals surface area (Å²) in [6, 6.07) is 0.286. The molecule has 0 aromatic heterocycles. The highest BCUT2D eigenvalue weighted by Gasteiger charge is 2.27. The Bertz CT molecular complexity index is 211. The summed E-state index contributed by atoms with van der Waals surface area (Å²) in [5.74, 6) is 0.479. The quantitative estimate of drug-likeness (QED) is 0.706. The van der Waals surface area contributed by atoms with Gasteiger partial charge in [-0.1, -0.05) is 27.7 Å². The van der Waals surface area contributed by atoms with Crippen LogP contribution in [0.3, 0.4) is 0 Å². The summed E-state index contributed by atoms with van der Waals surface area (Å²) in [5, 5.41) is 0. The Morgan fingerprint density at radius 3 is 2.12 bits per heavy atom. The van der Waals surface area contributed by atoms with E-state index in [1.165, 1.54) is 7.11 Å². The number of rotatable bonds is 8. The molecule has 0 radical (unpaired) electrons. The fourth-order valence-corrected chi connectivity index (χ4v) is 2.02. The van der Waals surface area contributed by atoms with Gasteiger partial charge in [0.05, 0.1) is 0 Å². The van der Waals surface area contributed by atoms with E-state index in [0.29, 0.717) is 5.92 Å². The summed E-state index contributed by atoms with van der Waals surface area (Å²) >= 11 is 0. The van der Waals surface area contributed by atoms with Gasteiger partial charge in [-0.2, -0.15) is 0 Å². The summed E-state index contributed by atoms with van der Waals surface area (Å²) in [5.41, 5.74) is 5.56. The number of ether oxygens (including phenoxy) is 1. The first-order chi connectivity index (χ1) is 8.01. The summed E-state index contributed by atoms with van der Waals surface area (Å²) in [6.45, 7) is 9.47. The van der Waals surface area contributed by atoms with Crippen LogP contribution in [0.25, 0.3) is 0 Å². The van der Waals surface area contributed by atoms with E-state index >= 15 is 0 Å². The van der Waals surface area contributed by atoms with Crippen molar-refractivity contribution in [3.05, 3.63) is 0 Å². The zero-order chi connectivity index (χ0) is 13.4. The summed E-state index contributed by atoms with van der Waals surface area (Å²) in [6.07, 6.45) is 1.43. The number of carbonyl (C=O) groups excluding carboxylic acids is 1. The van der Waals surface area contributed by atoms with E-state index < -0.39 is 6.10 Å². The van der Waals surface area contributed by atoms with E-state index in [2.05, 4.69) is 27.7 Å². The summed E-state index contributed by atoms with van der Waals surface area (Å²) in [7, 11) is 1.54. The number of nitrogens with two attached hydrogens (primary N) is 1. The molecule has 0 fully saturated rings. The SMILES string of the molecule is CCC(CC)N(CC(C)C)C(=O)C(CN)OC. The fraction of sp³-hybridized carbons (Fsp3) is 0.923. The Kier molecular flexibility index (Phi) is 8.17. The van der Waals surface area contributed by atoms with Gasteiger partial charge in [0.15, 0.2) is 0 Å². The number of methoxy groups -OCH3 is 1. The minimum Gasteiger partial charge on any atom is -0.370 e. The van der Waals surface area contributed by atoms with Gasteiger partial charge in [0, 0.05) is 26.2 Å². The van der Waals surface area contributed by atoms with Gasteiger partial charge >= 0.3 is 0 Å². The number of hydrogen-bond donors (Lipinski definition) is 1. The molecule has 102 valence electrons. The Hall–Kier alpha value is -0.610. The molecule has 2 N–H and O–H groups in total. The number of nitrogens with zero attached hydrogens (tertiary/aromatic N) is 1. The standard InChI is InChI=1S/C13H28N2O2/c1-6-11(7-2)15(9-10(3)4)13(16)12(8-14)17-5/h10-12H,6-9,14H2,1-5H3. The molecule has 1 unspecified atom stereocenters. The Balaban J connectivity index is 4.82. The molecule has 0 saturated heterocycles. The second kappa shape index (κ2) is 8.48. The smallest absolute Gasteiger partial charge is 0.253 e. The van der Waals surface area contributed by atoms with E-state index in [4.69, 9.17) is 10.5 Å². The molecule has 1 amide bonds. The third-order valence-electron chi connectivity index (χ3n) is 3.00. The first-order valence-electron chi connectivity index (χ1n) is 6.54. The molecule has 4 heteroatoms. The third kappa shape index (κ3) is 5.04. The molecule has 0 aliphatic carbocycles. The average Bonchev–Trinajstić information content (AvgIpc) is 2.30. The Labute approximate surface area is 105 Å². The number of amides is 1. The van der Waals surface area contributed by atoms with E-state index in [-0.39, 0.29) is 18.5 Å². The molecule has 1 atom stereocenters. The predicted molar refractivity (Wildman–Crippen MR) is 70.8 cm³/mol. The maximum atomic E-state index is 12.3. The summed E-state index contributed by atoms with van der Waals surface area (Å²) < 4.78 is 5.15. The molecular weight excluding hydrogens is 216 g/mol. The van der Waals surface area contributed by atoms with Crippen molar-refractivity contribution in [2.75, 3.05) is 20.2 Å². The molecule has 0 rings (SSSR count). The first kappa shape index (κ1) is 16.4.